The molecule has 3 N–H and O–H groups in total. The van der Waals surface area contributed by atoms with Gasteiger partial charge in [0.2, 0.25) is 0 Å². The summed E-state index contributed by atoms with van der Waals surface area (Å²) in [6.07, 6.45) is 5.01. The molecule has 0 radical (unpaired) electrons. The normalized spacial score (nSPS) is 22.9. The second-order valence-electron chi connectivity index (χ2n) is 5.95. The van der Waals surface area contributed by atoms with Gasteiger partial charge in [-0.05, 0) is 24.3 Å². The van der Waals surface area contributed by atoms with Gasteiger partial charge in [0.15, 0.2) is 11.5 Å². The molecule has 1 atom stereocenters. The maximum atomic E-state index is 9.77. The van der Waals surface area contributed by atoms with Crippen LogP contribution in [-0.4, -0.2) is 16.3 Å². The highest BCUT2D eigenvalue weighted by Crippen LogP contribution is 2.36. The van der Waals surface area contributed by atoms with E-state index in [1.807, 2.05) is 6.07 Å². The lowest BCUT2D eigenvalue weighted by molar-refractivity contribution is 0.166. The third kappa shape index (κ3) is 2.78. The van der Waals surface area contributed by atoms with Crippen LogP contribution in [0.4, 0.5) is 0 Å². The standard InChI is InChI=1S/C15H23NO2/c1-15(2)9-4-3-8-13(15)16-10-11-6-5-7-12(17)14(11)18/h5-7,13,16-18H,3-4,8-10H2,1-2H3. The lowest BCUT2D eigenvalue weighted by Crippen LogP contribution is -2.43. The zero-order chi connectivity index (χ0) is 13.2. The number of hydrogen-bond acceptors (Lipinski definition) is 3. The van der Waals surface area contributed by atoms with Gasteiger partial charge in [-0.25, -0.2) is 0 Å². The van der Waals surface area contributed by atoms with Gasteiger partial charge in [0.1, 0.15) is 0 Å². The Morgan fingerprint density at radius 2 is 2.06 bits per heavy atom. The Hall–Kier alpha value is -1.22. The highest BCUT2D eigenvalue weighted by atomic mass is 16.3. The van der Waals surface area contributed by atoms with Gasteiger partial charge in [-0.1, -0.05) is 38.8 Å². The predicted octanol–water partition coefficient (Wildman–Crippen LogP) is 3.16. The summed E-state index contributed by atoms with van der Waals surface area (Å²) in [5.41, 5.74) is 1.07. The van der Waals surface area contributed by atoms with Crippen LogP contribution in [0.15, 0.2) is 18.2 Å². The summed E-state index contributed by atoms with van der Waals surface area (Å²) in [6, 6.07) is 5.59. The second-order valence-corrected chi connectivity index (χ2v) is 5.95. The molecule has 1 fully saturated rings. The fourth-order valence-corrected chi connectivity index (χ4v) is 2.83. The smallest absolute Gasteiger partial charge is 0.161 e. The van der Waals surface area contributed by atoms with Crippen LogP contribution in [0.25, 0.3) is 0 Å². The number of phenols is 2. The average molecular weight is 249 g/mol. The fraction of sp³-hybridized carbons (Fsp3) is 0.600. The minimum Gasteiger partial charge on any atom is -0.504 e. The number of hydrogen-bond donors (Lipinski definition) is 3. The summed E-state index contributed by atoms with van der Waals surface area (Å²) >= 11 is 0. The SMILES string of the molecule is CC1(C)CCCCC1NCc1cccc(O)c1O. The zero-order valence-corrected chi connectivity index (χ0v) is 11.2. The molecule has 1 aromatic rings. The minimum absolute atomic E-state index is 0.00128. The molecule has 0 amide bonds. The first kappa shape index (κ1) is 13.2. The van der Waals surface area contributed by atoms with Crippen molar-refractivity contribution in [1.82, 2.24) is 5.32 Å². The Bertz CT molecular complexity index is 415. The zero-order valence-electron chi connectivity index (χ0n) is 11.2. The lowest BCUT2D eigenvalue weighted by atomic mass is 9.73. The van der Waals surface area contributed by atoms with E-state index >= 15 is 0 Å². The van der Waals surface area contributed by atoms with Crippen LogP contribution in [-0.2, 0) is 6.54 Å². The van der Waals surface area contributed by atoms with Gasteiger partial charge in [0.05, 0.1) is 0 Å². The molecule has 0 aromatic heterocycles. The molecule has 0 saturated heterocycles. The third-order valence-corrected chi connectivity index (χ3v) is 4.14. The van der Waals surface area contributed by atoms with Crippen LogP contribution in [0.1, 0.15) is 45.1 Å². The van der Waals surface area contributed by atoms with Crippen molar-refractivity contribution in [3.05, 3.63) is 23.8 Å². The van der Waals surface area contributed by atoms with E-state index in [9.17, 15) is 10.2 Å². The number of phenolic OH excluding ortho intramolecular Hbond substituents is 2. The first-order valence-electron chi connectivity index (χ1n) is 6.74. The molecule has 1 aliphatic rings. The summed E-state index contributed by atoms with van der Waals surface area (Å²) in [6.45, 7) is 5.20. The van der Waals surface area contributed by atoms with E-state index < -0.39 is 0 Å². The molecule has 3 nitrogen and oxygen atoms in total. The van der Waals surface area contributed by atoms with Crippen LogP contribution in [0.5, 0.6) is 11.5 Å². The van der Waals surface area contributed by atoms with Crippen LogP contribution in [0, 0.1) is 5.41 Å². The van der Waals surface area contributed by atoms with E-state index in [2.05, 4.69) is 19.2 Å². The molecule has 0 aliphatic heterocycles. The summed E-state index contributed by atoms with van der Waals surface area (Å²) in [5.74, 6) is -0.0455. The molecule has 1 aliphatic carbocycles. The van der Waals surface area contributed by atoms with Gasteiger partial charge in [0, 0.05) is 18.2 Å². The monoisotopic (exact) mass is 249 g/mol. The number of nitrogens with one attached hydrogen (secondary N) is 1. The summed E-state index contributed by atoms with van der Waals surface area (Å²) in [7, 11) is 0. The number of rotatable bonds is 3. The highest BCUT2D eigenvalue weighted by Gasteiger charge is 2.31. The van der Waals surface area contributed by atoms with E-state index in [-0.39, 0.29) is 11.5 Å². The maximum absolute atomic E-state index is 9.77. The van der Waals surface area contributed by atoms with E-state index in [0.717, 1.165) is 5.56 Å². The highest BCUT2D eigenvalue weighted by molar-refractivity contribution is 5.44. The van der Waals surface area contributed by atoms with Gasteiger partial charge < -0.3 is 15.5 Å². The lowest BCUT2D eigenvalue weighted by Gasteiger charge is -2.39. The van der Waals surface area contributed by atoms with Crippen molar-refractivity contribution in [2.45, 2.75) is 52.1 Å². The predicted molar refractivity (Wildman–Crippen MR) is 72.6 cm³/mol. The Morgan fingerprint density at radius 1 is 1.28 bits per heavy atom. The Kier molecular flexibility index (Phi) is 3.81. The Morgan fingerprint density at radius 3 is 2.78 bits per heavy atom. The van der Waals surface area contributed by atoms with Crippen molar-refractivity contribution < 1.29 is 10.2 Å². The van der Waals surface area contributed by atoms with Crippen molar-refractivity contribution >= 4 is 0 Å². The van der Waals surface area contributed by atoms with Crippen LogP contribution < -0.4 is 5.32 Å². The largest absolute Gasteiger partial charge is 0.504 e. The molecule has 0 heterocycles. The maximum Gasteiger partial charge on any atom is 0.161 e. The topological polar surface area (TPSA) is 52.5 Å². The molecule has 18 heavy (non-hydrogen) atoms. The molecule has 1 aromatic carbocycles. The van der Waals surface area contributed by atoms with E-state index in [1.54, 1.807) is 6.07 Å². The van der Waals surface area contributed by atoms with Gasteiger partial charge in [-0.3, -0.25) is 0 Å². The fourth-order valence-electron chi connectivity index (χ4n) is 2.83. The Balaban J connectivity index is 2.00. The number of para-hydroxylation sites is 1. The van der Waals surface area contributed by atoms with Crippen molar-refractivity contribution in [1.29, 1.82) is 0 Å². The second kappa shape index (κ2) is 5.19. The Labute approximate surface area is 109 Å². The van der Waals surface area contributed by atoms with Crippen molar-refractivity contribution in [3.63, 3.8) is 0 Å². The van der Waals surface area contributed by atoms with Crippen molar-refractivity contribution in [2.75, 3.05) is 0 Å². The van der Waals surface area contributed by atoms with Gasteiger partial charge >= 0.3 is 0 Å². The van der Waals surface area contributed by atoms with Gasteiger partial charge in [-0.15, -0.1) is 0 Å². The first-order chi connectivity index (χ1) is 8.50. The summed E-state index contributed by atoms with van der Waals surface area (Å²) < 4.78 is 0. The van der Waals surface area contributed by atoms with E-state index in [1.165, 1.54) is 31.7 Å². The molecular formula is C15H23NO2. The average Bonchev–Trinajstić information content (AvgIpc) is 2.32. The molecule has 3 heteroatoms. The van der Waals surface area contributed by atoms with Crippen LogP contribution >= 0.6 is 0 Å². The van der Waals surface area contributed by atoms with Crippen molar-refractivity contribution in [3.8, 4) is 11.5 Å². The van der Waals surface area contributed by atoms with Crippen molar-refractivity contribution in [2.24, 2.45) is 5.41 Å². The first-order valence-corrected chi connectivity index (χ1v) is 6.74. The quantitative estimate of drug-likeness (QED) is 0.721. The van der Waals surface area contributed by atoms with E-state index in [4.69, 9.17) is 0 Å². The van der Waals surface area contributed by atoms with Crippen LogP contribution in [0.2, 0.25) is 0 Å². The van der Waals surface area contributed by atoms with Gasteiger partial charge in [-0.2, -0.15) is 0 Å². The molecule has 1 saturated carbocycles. The molecule has 100 valence electrons. The van der Waals surface area contributed by atoms with E-state index in [0.29, 0.717) is 18.0 Å². The summed E-state index contributed by atoms with van der Waals surface area (Å²) in [4.78, 5) is 0. The molecule has 0 spiro atoms. The minimum atomic E-state index is -0.0443. The molecule has 2 rings (SSSR count). The van der Waals surface area contributed by atoms with Crippen LogP contribution in [0.3, 0.4) is 0 Å². The van der Waals surface area contributed by atoms with Gasteiger partial charge in [0.25, 0.3) is 0 Å². The molecular weight excluding hydrogens is 226 g/mol. The summed E-state index contributed by atoms with van der Waals surface area (Å²) in [5, 5.41) is 22.8. The third-order valence-electron chi connectivity index (χ3n) is 4.14. The number of benzene rings is 1. The molecule has 0 bridgehead atoms. The molecule has 1 unspecified atom stereocenters. The number of aromatic hydroxyl groups is 2.